The predicted molar refractivity (Wildman–Crippen MR) is 99.3 cm³/mol. The molecule has 1 amide bonds. The highest BCUT2D eigenvalue weighted by Gasteiger charge is 2.19. The second-order valence-electron chi connectivity index (χ2n) is 5.47. The van der Waals surface area contributed by atoms with Gasteiger partial charge in [-0.25, -0.2) is 13.2 Å². The average molecular weight is 396 g/mol. The molecule has 0 saturated heterocycles. The van der Waals surface area contributed by atoms with Crippen LogP contribution in [0.25, 0.3) is 0 Å². The molecule has 0 aromatic heterocycles. The molecule has 2 aromatic carbocycles. The fourth-order valence-corrected chi connectivity index (χ4v) is 3.62. The van der Waals surface area contributed by atoms with Gasteiger partial charge in [0.25, 0.3) is 5.91 Å². The van der Waals surface area contributed by atoms with Gasteiger partial charge in [-0.1, -0.05) is 29.8 Å². The Morgan fingerprint density at radius 3 is 2.35 bits per heavy atom. The van der Waals surface area contributed by atoms with Crippen molar-refractivity contribution >= 4 is 39.0 Å². The fourth-order valence-electron chi connectivity index (χ4n) is 2.31. The minimum Gasteiger partial charge on any atom is -0.452 e. The van der Waals surface area contributed by atoms with Crippen molar-refractivity contribution in [2.45, 2.75) is 11.8 Å². The number of rotatable bonds is 6. The number of esters is 1. The molecule has 0 radical (unpaired) electrons. The lowest BCUT2D eigenvalue weighted by Crippen LogP contribution is -2.34. The molecule has 0 aliphatic carbocycles. The Bertz CT molecular complexity index is 912. The van der Waals surface area contributed by atoms with E-state index in [1.807, 2.05) is 13.0 Å². The first-order valence-corrected chi connectivity index (χ1v) is 10.0. The number of hydrogen-bond acceptors (Lipinski definition) is 5. The lowest BCUT2D eigenvalue weighted by Gasteiger charge is -2.20. The third-order valence-corrected chi connectivity index (χ3v) is 5.16. The summed E-state index contributed by atoms with van der Waals surface area (Å²) < 4.78 is 28.4. The van der Waals surface area contributed by atoms with Crippen LogP contribution in [0.15, 0.2) is 53.4 Å². The van der Waals surface area contributed by atoms with Crippen LogP contribution >= 0.6 is 11.6 Å². The summed E-state index contributed by atoms with van der Waals surface area (Å²) in [7, 11) is -3.59. The largest absolute Gasteiger partial charge is 0.452 e. The van der Waals surface area contributed by atoms with Crippen LogP contribution in [0.5, 0.6) is 0 Å². The summed E-state index contributed by atoms with van der Waals surface area (Å²) in [4.78, 5) is 25.8. The molecule has 0 spiro atoms. The summed E-state index contributed by atoms with van der Waals surface area (Å²) >= 11 is 5.85. The first-order chi connectivity index (χ1) is 12.2. The molecule has 138 valence electrons. The third-order valence-electron chi connectivity index (χ3n) is 3.58. The smallest absolute Gasteiger partial charge is 0.338 e. The molecule has 26 heavy (non-hydrogen) atoms. The molecule has 0 N–H and O–H groups in total. The maximum atomic E-state index is 12.3. The van der Waals surface area contributed by atoms with Crippen molar-refractivity contribution < 1.29 is 22.7 Å². The van der Waals surface area contributed by atoms with Crippen molar-refractivity contribution in [3.8, 4) is 0 Å². The van der Waals surface area contributed by atoms with Gasteiger partial charge in [-0.05, 0) is 37.3 Å². The average Bonchev–Trinajstić information content (AvgIpc) is 2.60. The zero-order valence-electron chi connectivity index (χ0n) is 14.3. The molecule has 0 saturated carbocycles. The van der Waals surface area contributed by atoms with Crippen LogP contribution in [-0.4, -0.2) is 39.7 Å². The number of carbonyl (C=O) groups excluding carboxylic acids is 2. The van der Waals surface area contributed by atoms with Crippen LogP contribution in [0, 0.1) is 0 Å². The first-order valence-electron chi connectivity index (χ1n) is 7.76. The maximum Gasteiger partial charge on any atom is 0.338 e. The van der Waals surface area contributed by atoms with E-state index in [1.54, 1.807) is 24.3 Å². The van der Waals surface area contributed by atoms with Crippen LogP contribution in [0.3, 0.4) is 0 Å². The van der Waals surface area contributed by atoms with E-state index in [1.165, 1.54) is 17.0 Å². The minimum atomic E-state index is -3.59. The molecule has 0 aliphatic heterocycles. The summed E-state index contributed by atoms with van der Waals surface area (Å²) in [6.07, 6.45) is 0.992. The van der Waals surface area contributed by atoms with E-state index in [0.29, 0.717) is 12.2 Å². The normalized spacial score (nSPS) is 11.0. The monoisotopic (exact) mass is 395 g/mol. The van der Waals surface area contributed by atoms with Crippen LogP contribution in [0.1, 0.15) is 17.3 Å². The number of ether oxygens (including phenoxy) is 1. The highest BCUT2D eigenvalue weighted by atomic mass is 35.5. The second-order valence-corrected chi connectivity index (χ2v) is 7.86. The quantitative estimate of drug-likeness (QED) is 0.702. The van der Waals surface area contributed by atoms with E-state index in [0.717, 1.165) is 12.3 Å². The number of hydrogen-bond donors (Lipinski definition) is 0. The number of amides is 1. The molecule has 0 unspecified atom stereocenters. The Morgan fingerprint density at radius 1 is 1.12 bits per heavy atom. The maximum absolute atomic E-state index is 12.3. The van der Waals surface area contributed by atoms with E-state index in [4.69, 9.17) is 16.3 Å². The van der Waals surface area contributed by atoms with Crippen LogP contribution in [-0.2, 0) is 19.4 Å². The molecule has 2 aromatic rings. The first kappa shape index (κ1) is 19.9. The van der Waals surface area contributed by atoms with Crippen molar-refractivity contribution in [1.29, 1.82) is 0 Å². The van der Waals surface area contributed by atoms with Gasteiger partial charge in [0.05, 0.1) is 15.5 Å². The lowest BCUT2D eigenvalue weighted by molar-refractivity contribution is -0.121. The number of para-hydroxylation sites is 1. The molecule has 0 aliphatic rings. The zero-order valence-corrected chi connectivity index (χ0v) is 15.9. The van der Waals surface area contributed by atoms with Gasteiger partial charge in [0.2, 0.25) is 0 Å². The Balaban J connectivity index is 2.10. The number of sulfone groups is 1. The van der Waals surface area contributed by atoms with Crippen molar-refractivity contribution in [3.05, 3.63) is 59.1 Å². The van der Waals surface area contributed by atoms with Gasteiger partial charge in [-0.2, -0.15) is 0 Å². The van der Waals surface area contributed by atoms with Crippen molar-refractivity contribution in [2.24, 2.45) is 0 Å². The van der Waals surface area contributed by atoms with Gasteiger partial charge in [-0.15, -0.1) is 0 Å². The van der Waals surface area contributed by atoms with E-state index in [9.17, 15) is 18.0 Å². The van der Waals surface area contributed by atoms with Crippen LogP contribution in [0.2, 0.25) is 5.02 Å². The van der Waals surface area contributed by atoms with Crippen molar-refractivity contribution in [1.82, 2.24) is 0 Å². The van der Waals surface area contributed by atoms with Crippen molar-refractivity contribution in [3.63, 3.8) is 0 Å². The van der Waals surface area contributed by atoms with E-state index in [-0.39, 0.29) is 21.4 Å². The number of anilines is 1. The number of benzene rings is 2. The van der Waals surface area contributed by atoms with E-state index >= 15 is 0 Å². The topological polar surface area (TPSA) is 80.8 Å². The Morgan fingerprint density at radius 2 is 1.77 bits per heavy atom. The van der Waals surface area contributed by atoms with Gasteiger partial charge >= 0.3 is 5.97 Å². The number of halogens is 1. The zero-order chi connectivity index (χ0) is 19.3. The highest BCUT2D eigenvalue weighted by Crippen LogP contribution is 2.23. The number of carbonyl (C=O) groups is 2. The Labute approximate surface area is 157 Å². The number of nitrogens with zero attached hydrogens (tertiary/aromatic N) is 1. The second kappa shape index (κ2) is 8.33. The molecule has 8 heteroatoms. The van der Waals surface area contributed by atoms with E-state index in [2.05, 4.69) is 0 Å². The molecule has 0 heterocycles. The van der Waals surface area contributed by atoms with Gasteiger partial charge in [-0.3, -0.25) is 4.79 Å². The fraction of sp³-hybridized carbons (Fsp3) is 0.222. The lowest BCUT2D eigenvalue weighted by atomic mass is 10.2. The Hall–Kier alpha value is -2.38. The molecule has 0 fully saturated rings. The Kier molecular flexibility index (Phi) is 6.39. The SMILES string of the molecule is CCN(C(=O)COC(=O)c1ccc(Cl)c(S(C)(=O)=O)c1)c1ccccc1. The molecule has 2 rings (SSSR count). The summed E-state index contributed by atoms with van der Waals surface area (Å²) in [5.41, 5.74) is 0.701. The standard InChI is InChI=1S/C18H18ClNO5S/c1-3-20(14-7-5-4-6-8-14)17(21)12-25-18(22)13-9-10-15(19)16(11-13)26(2,23)24/h4-11H,3,12H2,1-2H3. The predicted octanol–water partition coefficient (Wildman–Crippen LogP) is 2.95. The van der Waals surface area contributed by atoms with Gasteiger partial charge in [0.15, 0.2) is 16.4 Å². The minimum absolute atomic E-state index is 0.00499. The summed E-state index contributed by atoms with van der Waals surface area (Å²) in [5, 5.41) is 0.0152. The molecule has 0 atom stereocenters. The van der Waals surface area contributed by atoms with Crippen molar-refractivity contribution in [2.75, 3.05) is 24.3 Å². The summed E-state index contributed by atoms with van der Waals surface area (Å²) in [6, 6.07) is 12.8. The summed E-state index contributed by atoms with van der Waals surface area (Å²) in [5.74, 6) is -1.19. The molecule has 6 nitrogen and oxygen atoms in total. The van der Waals surface area contributed by atoms with Crippen LogP contribution < -0.4 is 4.90 Å². The number of likely N-dealkylation sites (N-methyl/N-ethyl adjacent to an activating group) is 1. The van der Waals surface area contributed by atoms with E-state index < -0.39 is 22.4 Å². The molecular formula is C18H18ClNO5S. The van der Waals surface area contributed by atoms with Gasteiger partial charge in [0, 0.05) is 18.5 Å². The third kappa shape index (κ3) is 4.83. The van der Waals surface area contributed by atoms with Crippen LogP contribution in [0.4, 0.5) is 5.69 Å². The molecule has 0 bridgehead atoms. The van der Waals surface area contributed by atoms with Gasteiger partial charge < -0.3 is 9.64 Å². The highest BCUT2D eigenvalue weighted by molar-refractivity contribution is 7.90. The summed E-state index contributed by atoms with van der Waals surface area (Å²) in [6.45, 7) is 1.77. The molecular weight excluding hydrogens is 378 g/mol. The van der Waals surface area contributed by atoms with Gasteiger partial charge in [0.1, 0.15) is 0 Å².